The Morgan fingerprint density at radius 2 is 1.89 bits per heavy atom. The van der Waals surface area contributed by atoms with Crippen LogP contribution in [-0.4, -0.2) is 69.8 Å². The number of hydrogen-bond donors (Lipinski definition) is 3. The molecule has 0 fully saturated rings. The van der Waals surface area contributed by atoms with Gasteiger partial charge < -0.3 is 20.0 Å². The summed E-state index contributed by atoms with van der Waals surface area (Å²) in [6, 6.07) is 2.93. The minimum atomic E-state index is -4.60. The van der Waals surface area contributed by atoms with Crippen LogP contribution < -0.4 is 16.0 Å². The number of rotatable bonds is 9. The molecule has 4 rings (SSSR count). The van der Waals surface area contributed by atoms with Gasteiger partial charge in [-0.2, -0.15) is 13.2 Å². The molecule has 2 amide bonds. The first-order valence-corrected chi connectivity index (χ1v) is 12.3. The van der Waals surface area contributed by atoms with E-state index in [1.807, 2.05) is 19.0 Å². The number of urea groups is 1. The summed E-state index contributed by atoms with van der Waals surface area (Å²) in [6.45, 7) is 3.51. The van der Waals surface area contributed by atoms with Crippen molar-refractivity contribution in [3.05, 3.63) is 41.8 Å². The van der Waals surface area contributed by atoms with Crippen LogP contribution in [0.5, 0.6) is 0 Å². The van der Waals surface area contributed by atoms with Crippen molar-refractivity contribution in [3.63, 3.8) is 0 Å². The van der Waals surface area contributed by atoms with E-state index >= 15 is 0 Å². The topological polar surface area (TPSA) is 134 Å². The second-order valence-electron chi connectivity index (χ2n) is 8.24. The third kappa shape index (κ3) is 6.60. The number of amides is 2. The third-order valence-electron chi connectivity index (χ3n) is 5.06. The number of aromatic nitrogens is 5. The van der Waals surface area contributed by atoms with E-state index < -0.39 is 17.9 Å². The molecule has 11 nitrogen and oxygen atoms in total. The number of pyridine rings is 2. The maximum atomic E-state index is 13.3. The van der Waals surface area contributed by atoms with Crippen LogP contribution in [0.4, 0.5) is 29.8 Å². The highest BCUT2D eigenvalue weighted by Gasteiger charge is 2.34. The van der Waals surface area contributed by atoms with Gasteiger partial charge in [0.2, 0.25) is 0 Å². The van der Waals surface area contributed by atoms with Gasteiger partial charge in [-0.25, -0.2) is 14.8 Å². The highest BCUT2D eigenvalue weighted by atomic mass is 32.1. The Balaban J connectivity index is 1.69. The Kier molecular flexibility index (Phi) is 8.16. The van der Waals surface area contributed by atoms with Crippen LogP contribution >= 0.6 is 11.3 Å². The molecule has 0 saturated carbocycles. The molecule has 3 N–H and O–H groups in total. The first kappa shape index (κ1) is 26.9. The number of alkyl halides is 3. The zero-order chi connectivity index (χ0) is 27.3. The fraction of sp³-hybridized carbons (Fsp3) is 0.304. The minimum Gasteiger partial charge on any atom is -0.403 e. The van der Waals surface area contributed by atoms with Crippen LogP contribution in [0.3, 0.4) is 0 Å². The molecular weight excluding hydrogens is 523 g/mol. The number of anilines is 2. The predicted octanol–water partition coefficient (Wildman–Crippen LogP) is 4.45. The van der Waals surface area contributed by atoms with Crippen LogP contribution in [0, 0.1) is 0 Å². The predicted molar refractivity (Wildman–Crippen MR) is 137 cm³/mol. The summed E-state index contributed by atoms with van der Waals surface area (Å²) >= 11 is 0.829. The molecule has 0 radical (unpaired) electrons. The van der Waals surface area contributed by atoms with Crippen molar-refractivity contribution in [2.24, 2.45) is 0 Å². The Morgan fingerprint density at radius 3 is 2.61 bits per heavy atom. The number of thiazole rings is 1. The molecule has 0 unspecified atom stereocenters. The van der Waals surface area contributed by atoms with E-state index in [9.17, 15) is 18.0 Å². The molecule has 0 saturated heterocycles. The Bertz CT molecular complexity index is 1400. The third-order valence-corrected chi connectivity index (χ3v) is 5.94. The summed E-state index contributed by atoms with van der Waals surface area (Å²) in [6.07, 6.45) is -0.0915. The van der Waals surface area contributed by atoms with Crippen LogP contribution in [-0.2, 0) is 6.18 Å². The van der Waals surface area contributed by atoms with E-state index in [0.717, 1.165) is 23.3 Å². The molecule has 4 aromatic heterocycles. The van der Waals surface area contributed by atoms with Crippen LogP contribution in [0.15, 0.2) is 40.5 Å². The van der Waals surface area contributed by atoms with Gasteiger partial charge in [-0.05, 0) is 33.2 Å². The van der Waals surface area contributed by atoms with Crippen molar-refractivity contribution in [2.45, 2.75) is 13.1 Å². The van der Waals surface area contributed by atoms with E-state index in [1.165, 1.54) is 24.7 Å². The highest BCUT2D eigenvalue weighted by molar-refractivity contribution is 7.13. The maximum Gasteiger partial charge on any atom is 0.434 e. The zero-order valence-corrected chi connectivity index (χ0v) is 21.4. The average molecular weight is 548 g/mol. The van der Waals surface area contributed by atoms with Crippen molar-refractivity contribution in [2.75, 3.05) is 44.4 Å². The molecule has 4 aromatic rings. The number of nitrogens with zero attached hydrogens (tertiary/aromatic N) is 6. The van der Waals surface area contributed by atoms with Gasteiger partial charge in [-0.3, -0.25) is 10.3 Å². The molecule has 0 atom stereocenters. The van der Waals surface area contributed by atoms with Gasteiger partial charge in [0.05, 0.1) is 5.56 Å². The smallest absolute Gasteiger partial charge is 0.403 e. The zero-order valence-electron chi connectivity index (χ0n) is 20.6. The van der Waals surface area contributed by atoms with Crippen LogP contribution in [0.1, 0.15) is 12.6 Å². The lowest BCUT2D eigenvalue weighted by Crippen LogP contribution is -2.28. The van der Waals surface area contributed by atoms with Gasteiger partial charge in [-0.1, -0.05) is 5.10 Å². The van der Waals surface area contributed by atoms with Crippen molar-refractivity contribution < 1.29 is 22.4 Å². The van der Waals surface area contributed by atoms with Gasteiger partial charge in [0.1, 0.15) is 10.8 Å². The number of carbonyl (C=O) groups excluding carboxylic acids is 1. The normalized spacial score (nSPS) is 11.6. The van der Waals surface area contributed by atoms with E-state index in [2.05, 4.69) is 41.1 Å². The van der Waals surface area contributed by atoms with Crippen LogP contribution in [0.25, 0.3) is 33.2 Å². The van der Waals surface area contributed by atoms with Gasteiger partial charge in [0.25, 0.3) is 5.89 Å². The van der Waals surface area contributed by atoms with Gasteiger partial charge in [0, 0.05) is 60.3 Å². The van der Waals surface area contributed by atoms with E-state index in [-0.39, 0.29) is 22.7 Å². The largest absolute Gasteiger partial charge is 0.434 e. The summed E-state index contributed by atoms with van der Waals surface area (Å²) in [5.41, 5.74) is 0.806. The molecule has 15 heteroatoms. The van der Waals surface area contributed by atoms with Crippen molar-refractivity contribution in [1.82, 2.24) is 35.4 Å². The molecule has 0 bridgehead atoms. The summed E-state index contributed by atoms with van der Waals surface area (Å²) in [5.74, 6) is 0.359. The van der Waals surface area contributed by atoms with Crippen LogP contribution in [0.2, 0.25) is 0 Å². The molecule has 4 heterocycles. The lowest BCUT2D eigenvalue weighted by molar-refractivity contribution is -0.140. The molecule has 0 spiro atoms. The second-order valence-corrected chi connectivity index (χ2v) is 9.10. The summed E-state index contributed by atoms with van der Waals surface area (Å²) in [7, 11) is 3.89. The summed E-state index contributed by atoms with van der Waals surface area (Å²) < 4.78 is 45.5. The number of carbonyl (C=O) groups is 1. The van der Waals surface area contributed by atoms with E-state index in [1.54, 1.807) is 13.0 Å². The number of halogens is 3. The van der Waals surface area contributed by atoms with Crippen molar-refractivity contribution in [3.8, 4) is 33.2 Å². The quantitative estimate of drug-likeness (QED) is 0.278. The van der Waals surface area contributed by atoms with Crippen molar-refractivity contribution >= 4 is 29.2 Å². The average Bonchev–Trinajstić information content (AvgIpc) is 3.54. The van der Waals surface area contributed by atoms with E-state index in [0.29, 0.717) is 35.3 Å². The monoisotopic (exact) mass is 547 g/mol. The molecule has 0 aromatic carbocycles. The molecule has 0 aliphatic carbocycles. The summed E-state index contributed by atoms with van der Waals surface area (Å²) in [5, 5.41) is 17.3. The van der Waals surface area contributed by atoms with Crippen molar-refractivity contribution in [1.29, 1.82) is 0 Å². The summed E-state index contributed by atoms with van der Waals surface area (Å²) in [4.78, 5) is 26.3. The lowest BCUT2D eigenvalue weighted by Gasteiger charge is -2.11. The molecule has 0 aliphatic rings. The molecule has 38 heavy (non-hydrogen) atoms. The Morgan fingerprint density at radius 1 is 1.11 bits per heavy atom. The maximum absolute atomic E-state index is 13.3. The fourth-order valence-corrected chi connectivity index (χ4v) is 4.14. The second kappa shape index (κ2) is 11.5. The van der Waals surface area contributed by atoms with E-state index in [4.69, 9.17) is 4.42 Å². The fourth-order valence-electron chi connectivity index (χ4n) is 3.28. The standard InChI is InChI=1S/C23H24F3N9O2S/c1-4-28-21(36)32-18-8-15(20-31-17(12-38-20)23(24,25)26)16(11-30-18)13-7-14(10-27-9-13)19-33-34-22(37-19)29-5-6-35(2)3/h7-12H,4-6H2,1-3H3,(H,29,34)(H2,28,30,32,36). The van der Waals surface area contributed by atoms with Gasteiger partial charge in [-0.15, -0.1) is 16.4 Å². The Hall–Kier alpha value is -4.11. The highest BCUT2D eigenvalue weighted by Crippen LogP contribution is 2.39. The number of likely N-dealkylation sites (N-methyl/N-ethyl adjacent to an activating group) is 1. The number of hydrogen-bond acceptors (Lipinski definition) is 10. The van der Waals surface area contributed by atoms with Gasteiger partial charge in [0.15, 0.2) is 5.69 Å². The SMILES string of the molecule is CCNC(=O)Nc1cc(-c2nc(C(F)(F)F)cs2)c(-c2cncc(-c3nnc(NCCN(C)C)o3)c2)cn1. The molecule has 200 valence electrons. The van der Waals surface area contributed by atoms with Gasteiger partial charge >= 0.3 is 18.2 Å². The number of nitrogens with one attached hydrogen (secondary N) is 3. The molecule has 0 aliphatic heterocycles. The minimum absolute atomic E-state index is 0.101. The first-order valence-electron chi connectivity index (χ1n) is 11.4. The Labute approximate surface area is 219 Å². The lowest BCUT2D eigenvalue weighted by atomic mass is 10.0. The molecular formula is C23H24F3N9O2S. The first-order chi connectivity index (χ1) is 18.1.